The van der Waals surface area contributed by atoms with Crippen LogP contribution in [0, 0.1) is 5.92 Å². The third-order valence-electron chi connectivity index (χ3n) is 3.54. The number of benzene rings is 1. The van der Waals surface area contributed by atoms with Crippen molar-refractivity contribution in [2.45, 2.75) is 26.3 Å². The third kappa shape index (κ3) is 4.34. The first kappa shape index (κ1) is 17.5. The zero-order valence-corrected chi connectivity index (χ0v) is 13.7. The van der Waals surface area contributed by atoms with E-state index in [2.05, 4.69) is 10.3 Å². The van der Waals surface area contributed by atoms with Gasteiger partial charge in [-0.1, -0.05) is 32.0 Å². The molecule has 0 saturated heterocycles. The number of aromatic nitrogens is 1. The molecule has 0 aliphatic heterocycles. The average molecular weight is 331 g/mol. The highest BCUT2D eigenvalue weighted by Crippen LogP contribution is 2.18. The minimum Gasteiger partial charge on any atom is -0.456 e. The monoisotopic (exact) mass is 331 g/mol. The summed E-state index contributed by atoms with van der Waals surface area (Å²) in [4.78, 5) is 38.4. The molecule has 0 spiro atoms. The van der Waals surface area contributed by atoms with Crippen LogP contribution in [0.3, 0.4) is 0 Å². The Kier molecular flexibility index (Phi) is 5.57. The highest BCUT2D eigenvalue weighted by Gasteiger charge is 2.24. The highest BCUT2D eigenvalue weighted by molar-refractivity contribution is 6.08. The van der Waals surface area contributed by atoms with E-state index in [0.29, 0.717) is 12.0 Å². The zero-order chi connectivity index (χ0) is 17.7. The Hall–Kier alpha value is -2.83. The van der Waals surface area contributed by atoms with Gasteiger partial charge in [0.1, 0.15) is 6.04 Å². The van der Waals surface area contributed by atoms with Crippen molar-refractivity contribution < 1.29 is 19.1 Å². The number of carbonyl (C=O) groups excluding carboxylic acids is 3. The average Bonchev–Trinajstić information content (AvgIpc) is 2.94. The molecule has 4 N–H and O–H groups in total. The molecule has 7 heteroatoms. The van der Waals surface area contributed by atoms with Crippen LogP contribution in [0.25, 0.3) is 10.9 Å². The van der Waals surface area contributed by atoms with Gasteiger partial charge in [0.25, 0.3) is 0 Å². The number of aromatic amines is 1. The normalized spacial score (nSPS) is 12.1. The second kappa shape index (κ2) is 7.63. The SMILES string of the molecule is CC(C)C[C@@H](NC(N)=O)C(=O)OCC(=O)c1c[nH]c2ccccc12. The Morgan fingerprint density at radius 2 is 1.96 bits per heavy atom. The fourth-order valence-electron chi connectivity index (χ4n) is 2.47. The minimum atomic E-state index is -0.863. The van der Waals surface area contributed by atoms with Crippen LogP contribution in [0.15, 0.2) is 30.5 Å². The van der Waals surface area contributed by atoms with Gasteiger partial charge in [0.2, 0.25) is 5.78 Å². The Morgan fingerprint density at radius 1 is 1.25 bits per heavy atom. The Morgan fingerprint density at radius 3 is 2.62 bits per heavy atom. The van der Waals surface area contributed by atoms with Crippen molar-refractivity contribution in [1.82, 2.24) is 10.3 Å². The number of nitrogens with two attached hydrogens (primary N) is 1. The van der Waals surface area contributed by atoms with Crippen LogP contribution < -0.4 is 11.1 Å². The molecule has 1 atom stereocenters. The number of Topliss-reactive ketones (excluding diaryl/α,β-unsaturated/α-hetero) is 1. The summed E-state index contributed by atoms with van der Waals surface area (Å²) in [5.74, 6) is -0.836. The number of ketones is 1. The molecule has 2 rings (SSSR count). The standard InChI is InChI=1S/C17H21N3O4/c1-10(2)7-14(20-17(18)23)16(22)24-9-15(21)12-8-19-13-6-4-3-5-11(12)13/h3-6,8,10,14,19H,7,9H2,1-2H3,(H3,18,20,23)/t14-/m1/s1. The number of H-pyrrole nitrogens is 1. The summed E-state index contributed by atoms with van der Waals surface area (Å²) in [6.45, 7) is 3.41. The van der Waals surface area contributed by atoms with Crippen molar-refractivity contribution in [3.05, 3.63) is 36.0 Å². The molecule has 0 aliphatic carbocycles. The lowest BCUT2D eigenvalue weighted by Gasteiger charge is -2.17. The van der Waals surface area contributed by atoms with Gasteiger partial charge in [-0.25, -0.2) is 9.59 Å². The van der Waals surface area contributed by atoms with E-state index in [1.165, 1.54) is 0 Å². The lowest BCUT2D eigenvalue weighted by Crippen LogP contribution is -2.45. The Labute approximate surface area is 139 Å². The number of urea groups is 1. The first-order chi connectivity index (χ1) is 11.4. The predicted octanol–water partition coefficient (Wildman–Crippen LogP) is 1.98. The summed E-state index contributed by atoms with van der Waals surface area (Å²) >= 11 is 0. The molecule has 0 unspecified atom stereocenters. The van der Waals surface area contributed by atoms with Crippen molar-refractivity contribution in [1.29, 1.82) is 0 Å². The fraction of sp³-hybridized carbons (Fsp3) is 0.353. The van der Waals surface area contributed by atoms with E-state index >= 15 is 0 Å². The number of amides is 2. The Balaban J connectivity index is 2.01. The van der Waals surface area contributed by atoms with E-state index in [4.69, 9.17) is 10.5 Å². The van der Waals surface area contributed by atoms with Crippen molar-refractivity contribution in [3.8, 4) is 0 Å². The van der Waals surface area contributed by atoms with Gasteiger partial charge in [-0.3, -0.25) is 4.79 Å². The molecule has 0 saturated carbocycles. The summed E-state index contributed by atoms with van der Waals surface area (Å²) in [6, 6.07) is 5.69. The molecule has 2 amide bonds. The summed E-state index contributed by atoms with van der Waals surface area (Å²) in [5, 5.41) is 3.12. The van der Waals surface area contributed by atoms with E-state index in [1.54, 1.807) is 6.20 Å². The van der Waals surface area contributed by atoms with Crippen molar-refractivity contribution >= 4 is 28.7 Å². The second-order valence-corrected chi connectivity index (χ2v) is 5.97. The number of rotatable bonds is 7. The molecule has 0 bridgehead atoms. The fourth-order valence-corrected chi connectivity index (χ4v) is 2.47. The molecule has 0 aliphatic rings. The molecule has 1 heterocycles. The number of para-hydroxylation sites is 1. The molecule has 1 aromatic carbocycles. The van der Waals surface area contributed by atoms with E-state index in [1.807, 2.05) is 38.1 Å². The number of hydrogen-bond donors (Lipinski definition) is 3. The van der Waals surface area contributed by atoms with Crippen molar-refractivity contribution in [2.24, 2.45) is 11.7 Å². The van der Waals surface area contributed by atoms with Crippen LogP contribution in [0.5, 0.6) is 0 Å². The van der Waals surface area contributed by atoms with Gasteiger partial charge in [0.05, 0.1) is 0 Å². The smallest absolute Gasteiger partial charge is 0.329 e. The number of hydrogen-bond acceptors (Lipinski definition) is 4. The van der Waals surface area contributed by atoms with Gasteiger partial charge in [0, 0.05) is 22.7 Å². The summed E-state index contributed by atoms with van der Waals surface area (Å²) in [6.07, 6.45) is 1.97. The van der Waals surface area contributed by atoms with Gasteiger partial charge in [-0.2, -0.15) is 0 Å². The second-order valence-electron chi connectivity index (χ2n) is 5.97. The molecule has 1 aromatic heterocycles. The van der Waals surface area contributed by atoms with Gasteiger partial charge in [-0.15, -0.1) is 0 Å². The van der Waals surface area contributed by atoms with Crippen LogP contribution in [-0.4, -0.2) is 35.4 Å². The minimum absolute atomic E-state index is 0.152. The van der Waals surface area contributed by atoms with Crippen LogP contribution in [-0.2, 0) is 9.53 Å². The molecule has 7 nitrogen and oxygen atoms in total. The van der Waals surface area contributed by atoms with Gasteiger partial charge >= 0.3 is 12.0 Å². The first-order valence-corrected chi connectivity index (χ1v) is 7.70. The van der Waals surface area contributed by atoms with Gasteiger partial charge in [-0.05, 0) is 18.4 Å². The van der Waals surface area contributed by atoms with Gasteiger partial charge < -0.3 is 20.8 Å². The maximum Gasteiger partial charge on any atom is 0.329 e. The lowest BCUT2D eigenvalue weighted by molar-refractivity contribution is -0.145. The van der Waals surface area contributed by atoms with Crippen LogP contribution >= 0.6 is 0 Å². The number of fused-ring (bicyclic) bond motifs is 1. The summed E-state index contributed by atoms with van der Waals surface area (Å²) in [5.41, 5.74) is 6.37. The van der Waals surface area contributed by atoms with E-state index < -0.39 is 24.6 Å². The number of primary amides is 1. The Bertz CT molecular complexity index is 751. The maximum atomic E-state index is 12.3. The number of carbonyl (C=O) groups is 3. The largest absolute Gasteiger partial charge is 0.456 e. The lowest BCUT2D eigenvalue weighted by atomic mass is 10.0. The van der Waals surface area contributed by atoms with Crippen molar-refractivity contribution in [3.63, 3.8) is 0 Å². The summed E-state index contributed by atoms with van der Waals surface area (Å²) < 4.78 is 5.07. The van der Waals surface area contributed by atoms with E-state index in [-0.39, 0.29) is 11.7 Å². The molecule has 24 heavy (non-hydrogen) atoms. The molecule has 128 valence electrons. The third-order valence-corrected chi connectivity index (χ3v) is 3.54. The number of ether oxygens (including phenoxy) is 1. The highest BCUT2D eigenvalue weighted by atomic mass is 16.5. The number of esters is 1. The molecule has 0 fully saturated rings. The van der Waals surface area contributed by atoms with E-state index in [0.717, 1.165) is 10.9 Å². The quantitative estimate of drug-likeness (QED) is 0.531. The topological polar surface area (TPSA) is 114 Å². The molecule has 2 aromatic rings. The maximum absolute atomic E-state index is 12.3. The predicted molar refractivity (Wildman–Crippen MR) is 89.6 cm³/mol. The zero-order valence-electron chi connectivity index (χ0n) is 13.7. The number of nitrogens with one attached hydrogen (secondary N) is 2. The summed E-state index contributed by atoms with van der Waals surface area (Å²) in [7, 11) is 0. The van der Waals surface area contributed by atoms with Crippen LogP contribution in [0.4, 0.5) is 4.79 Å². The van der Waals surface area contributed by atoms with E-state index in [9.17, 15) is 14.4 Å². The first-order valence-electron chi connectivity index (χ1n) is 7.70. The van der Waals surface area contributed by atoms with Crippen LogP contribution in [0.2, 0.25) is 0 Å². The van der Waals surface area contributed by atoms with Gasteiger partial charge in [0.15, 0.2) is 6.61 Å². The molecular formula is C17H21N3O4. The molecule has 0 radical (unpaired) electrons. The molecular weight excluding hydrogens is 310 g/mol. The van der Waals surface area contributed by atoms with Crippen LogP contribution in [0.1, 0.15) is 30.6 Å². The van der Waals surface area contributed by atoms with Crippen molar-refractivity contribution in [2.75, 3.05) is 6.61 Å².